The first-order chi connectivity index (χ1) is 13.3. The fourth-order valence-electron chi connectivity index (χ4n) is 3.26. The molecule has 0 atom stereocenters. The normalized spacial score (nSPS) is 15.3. The van der Waals surface area contributed by atoms with Gasteiger partial charge in [0.2, 0.25) is 5.91 Å². The molecule has 0 radical (unpaired) electrons. The van der Waals surface area contributed by atoms with Gasteiger partial charge in [0.15, 0.2) is 5.82 Å². The van der Waals surface area contributed by atoms with Gasteiger partial charge in [-0.25, -0.2) is 9.07 Å². The van der Waals surface area contributed by atoms with Gasteiger partial charge in [-0.1, -0.05) is 18.2 Å². The Hall–Kier alpha value is -3.06. The van der Waals surface area contributed by atoms with Crippen LogP contribution in [0, 0.1) is 5.82 Å². The summed E-state index contributed by atoms with van der Waals surface area (Å²) in [5.74, 6) is -0.236. The second-order valence-corrected chi connectivity index (χ2v) is 7.62. The quantitative estimate of drug-likeness (QED) is 0.712. The molecule has 1 aliphatic carbocycles. The summed E-state index contributed by atoms with van der Waals surface area (Å²) in [6.45, 7) is 3.32. The molecule has 0 aliphatic heterocycles. The highest BCUT2D eigenvalue weighted by Crippen LogP contribution is 2.49. The van der Waals surface area contributed by atoms with Gasteiger partial charge in [-0.15, -0.1) is 0 Å². The van der Waals surface area contributed by atoms with Crippen LogP contribution in [0.25, 0.3) is 5.69 Å². The van der Waals surface area contributed by atoms with Gasteiger partial charge in [0, 0.05) is 24.0 Å². The molecule has 4 rings (SSSR count). The van der Waals surface area contributed by atoms with Gasteiger partial charge >= 0.3 is 0 Å². The van der Waals surface area contributed by atoms with Crippen molar-refractivity contribution in [2.45, 2.75) is 37.7 Å². The predicted molar refractivity (Wildman–Crippen MR) is 103 cm³/mol. The van der Waals surface area contributed by atoms with Crippen LogP contribution in [0.1, 0.15) is 37.9 Å². The summed E-state index contributed by atoms with van der Waals surface area (Å²) < 4.78 is 15.8. The van der Waals surface area contributed by atoms with Crippen molar-refractivity contribution in [1.82, 2.24) is 14.8 Å². The first kappa shape index (κ1) is 18.3. The van der Waals surface area contributed by atoms with Gasteiger partial charge in [-0.05, 0) is 44.9 Å². The molecule has 1 fully saturated rings. The molecule has 28 heavy (non-hydrogen) atoms. The van der Waals surface area contributed by atoms with E-state index >= 15 is 0 Å². The lowest BCUT2D eigenvalue weighted by Crippen LogP contribution is -2.29. The summed E-state index contributed by atoms with van der Waals surface area (Å²) in [4.78, 5) is 17.0. The van der Waals surface area contributed by atoms with Crippen molar-refractivity contribution in [2.24, 2.45) is 0 Å². The first-order valence-corrected chi connectivity index (χ1v) is 9.11. The second kappa shape index (κ2) is 6.53. The van der Waals surface area contributed by atoms with Crippen LogP contribution in [-0.4, -0.2) is 25.8 Å². The van der Waals surface area contributed by atoms with Gasteiger partial charge in [-0.2, -0.15) is 5.10 Å². The molecule has 7 heteroatoms. The lowest BCUT2D eigenvalue weighted by atomic mass is 9.94. The standard InChI is InChI=1S/C21H21FN4O2/c1-20(2,28)17-13-14(7-11-23-17)26-12-8-18(25-26)24-19(27)21(9-10-21)15-5-3-4-6-16(15)22/h3-8,11-13,28H,9-10H2,1-2H3,(H,24,25,27). The third-order valence-electron chi connectivity index (χ3n) is 5.04. The van der Waals surface area contributed by atoms with Crippen LogP contribution < -0.4 is 5.32 Å². The summed E-state index contributed by atoms with van der Waals surface area (Å²) in [6, 6.07) is 11.6. The molecule has 0 saturated heterocycles. The number of nitrogens with one attached hydrogen (secondary N) is 1. The highest BCUT2D eigenvalue weighted by molar-refractivity contribution is 6.00. The summed E-state index contributed by atoms with van der Waals surface area (Å²) in [5.41, 5.74) is -0.237. The fourth-order valence-corrected chi connectivity index (χ4v) is 3.26. The lowest BCUT2D eigenvalue weighted by Gasteiger charge is -2.17. The molecule has 2 heterocycles. The van der Waals surface area contributed by atoms with Crippen LogP contribution in [0.4, 0.5) is 10.2 Å². The molecule has 3 aromatic rings. The van der Waals surface area contributed by atoms with Crippen molar-refractivity contribution >= 4 is 11.7 Å². The van der Waals surface area contributed by atoms with Crippen LogP contribution in [0.2, 0.25) is 0 Å². The smallest absolute Gasteiger partial charge is 0.236 e. The maximum atomic E-state index is 14.2. The number of benzene rings is 1. The predicted octanol–water partition coefficient (Wildman–Crippen LogP) is 3.30. The molecular weight excluding hydrogens is 359 g/mol. The Morgan fingerprint density at radius 1 is 1.25 bits per heavy atom. The highest BCUT2D eigenvalue weighted by Gasteiger charge is 2.52. The minimum atomic E-state index is -1.07. The summed E-state index contributed by atoms with van der Waals surface area (Å²) >= 11 is 0. The molecule has 0 unspecified atom stereocenters. The Balaban J connectivity index is 1.55. The number of aromatic nitrogens is 3. The number of anilines is 1. The molecule has 2 N–H and O–H groups in total. The second-order valence-electron chi connectivity index (χ2n) is 7.62. The molecule has 2 aromatic heterocycles. The van der Waals surface area contributed by atoms with Crippen molar-refractivity contribution in [1.29, 1.82) is 0 Å². The number of rotatable bonds is 5. The number of carbonyl (C=O) groups excluding carboxylic acids is 1. The van der Waals surface area contributed by atoms with Gasteiger partial charge in [0.1, 0.15) is 11.4 Å². The molecular formula is C21H21FN4O2. The summed E-state index contributed by atoms with van der Waals surface area (Å²) in [5, 5.41) is 17.3. The largest absolute Gasteiger partial charge is 0.384 e. The zero-order chi connectivity index (χ0) is 19.9. The van der Waals surface area contributed by atoms with Crippen molar-refractivity contribution in [3.8, 4) is 5.69 Å². The van der Waals surface area contributed by atoms with Crippen molar-refractivity contribution in [2.75, 3.05) is 5.32 Å². The third kappa shape index (κ3) is 3.29. The lowest BCUT2D eigenvalue weighted by molar-refractivity contribution is -0.118. The Bertz CT molecular complexity index is 1030. The van der Waals surface area contributed by atoms with Gasteiger partial charge in [0.05, 0.1) is 16.8 Å². The van der Waals surface area contributed by atoms with Crippen LogP contribution in [0.3, 0.4) is 0 Å². The van der Waals surface area contributed by atoms with Gasteiger partial charge in [0.25, 0.3) is 0 Å². The summed E-state index contributed by atoms with van der Waals surface area (Å²) in [7, 11) is 0. The van der Waals surface area contributed by atoms with E-state index in [1.807, 2.05) is 0 Å². The fraction of sp³-hybridized carbons (Fsp3) is 0.286. The number of nitrogens with zero attached hydrogens (tertiary/aromatic N) is 3. The van der Waals surface area contributed by atoms with E-state index in [0.717, 1.165) is 0 Å². The van der Waals surface area contributed by atoms with E-state index in [4.69, 9.17) is 0 Å². The zero-order valence-electron chi connectivity index (χ0n) is 15.7. The average molecular weight is 380 g/mol. The molecule has 0 bridgehead atoms. The SMILES string of the molecule is CC(C)(O)c1cc(-n2ccc(NC(=O)C3(c4ccccc4F)CC3)n2)ccn1. The van der Waals surface area contributed by atoms with Crippen LogP contribution >= 0.6 is 0 Å². The maximum absolute atomic E-state index is 14.2. The molecule has 144 valence electrons. The Morgan fingerprint density at radius 3 is 2.68 bits per heavy atom. The molecule has 1 aromatic carbocycles. The molecule has 0 spiro atoms. The van der Waals surface area contributed by atoms with E-state index in [0.29, 0.717) is 35.6 Å². The Labute approximate surface area is 162 Å². The average Bonchev–Trinajstić information content (AvgIpc) is 3.34. The zero-order valence-corrected chi connectivity index (χ0v) is 15.7. The van der Waals surface area contributed by atoms with Crippen molar-refractivity contribution in [3.05, 3.63) is 71.9 Å². The minimum Gasteiger partial charge on any atom is -0.384 e. The van der Waals surface area contributed by atoms with E-state index < -0.39 is 11.0 Å². The highest BCUT2D eigenvalue weighted by atomic mass is 19.1. The number of hydrogen-bond donors (Lipinski definition) is 2. The van der Waals surface area contributed by atoms with E-state index in [1.165, 1.54) is 6.07 Å². The molecule has 6 nitrogen and oxygen atoms in total. The maximum Gasteiger partial charge on any atom is 0.236 e. The Morgan fingerprint density at radius 2 is 2.00 bits per heavy atom. The Kier molecular flexibility index (Phi) is 4.27. The van der Waals surface area contributed by atoms with Crippen molar-refractivity contribution in [3.63, 3.8) is 0 Å². The minimum absolute atomic E-state index is 0.255. The molecule has 1 aliphatic rings. The van der Waals surface area contributed by atoms with E-state index in [-0.39, 0.29) is 11.7 Å². The molecule has 1 amide bonds. The number of amides is 1. The van der Waals surface area contributed by atoms with Crippen LogP contribution in [0.5, 0.6) is 0 Å². The number of hydrogen-bond acceptors (Lipinski definition) is 4. The van der Waals surface area contributed by atoms with E-state index in [9.17, 15) is 14.3 Å². The van der Waals surface area contributed by atoms with Crippen LogP contribution in [0.15, 0.2) is 54.9 Å². The van der Waals surface area contributed by atoms with Crippen molar-refractivity contribution < 1.29 is 14.3 Å². The van der Waals surface area contributed by atoms with E-state index in [1.54, 1.807) is 67.3 Å². The molecule has 1 saturated carbocycles. The topological polar surface area (TPSA) is 80.0 Å². The number of halogens is 1. The van der Waals surface area contributed by atoms with E-state index in [2.05, 4.69) is 15.4 Å². The number of carbonyl (C=O) groups is 1. The number of aliphatic hydroxyl groups is 1. The van der Waals surface area contributed by atoms with Gasteiger partial charge < -0.3 is 10.4 Å². The monoisotopic (exact) mass is 380 g/mol. The third-order valence-corrected chi connectivity index (χ3v) is 5.04. The number of pyridine rings is 1. The first-order valence-electron chi connectivity index (χ1n) is 9.11. The summed E-state index contributed by atoms with van der Waals surface area (Å²) in [6.07, 6.45) is 4.53. The van der Waals surface area contributed by atoms with Gasteiger partial charge in [-0.3, -0.25) is 9.78 Å². The van der Waals surface area contributed by atoms with Crippen LogP contribution in [-0.2, 0) is 15.8 Å².